The van der Waals surface area contributed by atoms with E-state index in [1.165, 1.54) is 19.3 Å². The second kappa shape index (κ2) is 7.59. The number of carbonyl (C=O) groups excluding carboxylic acids is 1. The van der Waals surface area contributed by atoms with Gasteiger partial charge in [-0.05, 0) is 45.7 Å². The molecule has 124 valence electrons. The van der Waals surface area contributed by atoms with Crippen molar-refractivity contribution in [1.82, 2.24) is 10.2 Å². The normalized spacial score (nSPS) is 26.9. The first-order valence-corrected chi connectivity index (χ1v) is 8.51. The summed E-state index contributed by atoms with van der Waals surface area (Å²) >= 11 is 0. The third kappa shape index (κ3) is 3.98. The van der Waals surface area contributed by atoms with Gasteiger partial charge in [0.2, 0.25) is 5.91 Å². The van der Waals surface area contributed by atoms with E-state index in [9.17, 15) is 4.79 Å². The van der Waals surface area contributed by atoms with Gasteiger partial charge in [0.25, 0.3) is 0 Å². The number of nitrogens with two attached hydrogens (primary N) is 1. The van der Waals surface area contributed by atoms with Crippen molar-refractivity contribution >= 4 is 5.91 Å². The molecule has 4 nitrogen and oxygen atoms in total. The van der Waals surface area contributed by atoms with E-state index in [1.807, 2.05) is 0 Å². The molecule has 2 atom stereocenters. The molecule has 0 heterocycles. The molecular formula is C17H35N3O. The SMILES string of the molecule is CCC(CC)(CN)C(=O)NCC1(N(C)C)CCCC(C)C1. The number of carbonyl (C=O) groups is 1. The number of hydrogen-bond donors (Lipinski definition) is 2. The number of nitrogens with one attached hydrogen (secondary N) is 1. The predicted molar refractivity (Wildman–Crippen MR) is 89.1 cm³/mol. The molecule has 1 aliphatic carbocycles. The summed E-state index contributed by atoms with van der Waals surface area (Å²) in [5.74, 6) is 0.865. The second-order valence-electron chi connectivity index (χ2n) is 7.19. The summed E-state index contributed by atoms with van der Waals surface area (Å²) in [6, 6.07) is 0. The summed E-state index contributed by atoms with van der Waals surface area (Å²) in [4.78, 5) is 14.9. The van der Waals surface area contributed by atoms with Crippen LogP contribution in [-0.2, 0) is 4.79 Å². The van der Waals surface area contributed by atoms with Gasteiger partial charge in [0, 0.05) is 18.6 Å². The van der Waals surface area contributed by atoms with E-state index in [4.69, 9.17) is 5.73 Å². The molecule has 0 saturated heterocycles. The molecule has 0 aliphatic heterocycles. The van der Waals surface area contributed by atoms with Crippen LogP contribution in [0.1, 0.15) is 59.3 Å². The van der Waals surface area contributed by atoms with Gasteiger partial charge in [-0.25, -0.2) is 0 Å². The van der Waals surface area contributed by atoms with Crippen LogP contribution in [0, 0.1) is 11.3 Å². The predicted octanol–water partition coefficient (Wildman–Crippen LogP) is 2.38. The highest BCUT2D eigenvalue weighted by atomic mass is 16.2. The summed E-state index contributed by atoms with van der Waals surface area (Å²) in [6.45, 7) is 7.60. The maximum absolute atomic E-state index is 12.6. The zero-order chi connectivity index (χ0) is 16.1. The van der Waals surface area contributed by atoms with Crippen LogP contribution in [0.2, 0.25) is 0 Å². The third-order valence-corrected chi connectivity index (χ3v) is 5.82. The fourth-order valence-electron chi connectivity index (χ4n) is 3.74. The molecule has 1 aliphatic rings. The minimum Gasteiger partial charge on any atom is -0.354 e. The van der Waals surface area contributed by atoms with Gasteiger partial charge < -0.3 is 16.0 Å². The van der Waals surface area contributed by atoms with Crippen molar-refractivity contribution < 1.29 is 4.79 Å². The minimum absolute atomic E-state index is 0.106. The molecule has 0 spiro atoms. The van der Waals surface area contributed by atoms with E-state index in [0.29, 0.717) is 6.54 Å². The first-order valence-electron chi connectivity index (χ1n) is 8.51. The first-order chi connectivity index (χ1) is 9.85. The van der Waals surface area contributed by atoms with Gasteiger partial charge in [0.1, 0.15) is 0 Å². The minimum atomic E-state index is -0.395. The van der Waals surface area contributed by atoms with Crippen molar-refractivity contribution in [2.75, 3.05) is 27.2 Å². The number of hydrogen-bond acceptors (Lipinski definition) is 3. The van der Waals surface area contributed by atoms with Crippen LogP contribution in [0.25, 0.3) is 0 Å². The fraction of sp³-hybridized carbons (Fsp3) is 0.941. The van der Waals surface area contributed by atoms with Crippen molar-refractivity contribution in [1.29, 1.82) is 0 Å². The van der Waals surface area contributed by atoms with Gasteiger partial charge >= 0.3 is 0 Å². The lowest BCUT2D eigenvalue weighted by Gasteiger charge is -2.46. The summed E-state index contributed by atoms with van der Waals surface area (Å²) < 4.78 is 0. The maximum Gasteiger partial charge on any atom is 0.227 e. The first kappa shape index (κ1) is 18.4. The lowest BCUT2D eigenvalue weighted by atomic mass is 9.75. The molecule has 0 radical (unpaired) electrons. The zero-order valence-corrected chi connectivity index (χ0v) is 14.7. The van der Waals surface area contributed by atoms with Crippen molar-refractivity contribution in [2.24, 2.45) is 17.1 Å². The van der Waals surface area contributed by atoms with Gasteiger partial charge in [0.05, 0.1) is 5.41 Å². The van der Waals surface area contributed by atoms with E-state index >= 15 is 0 Å². The van der Waals surface area contributed by atoms with Crippen LogP contribution in [-0.4, -0.2) is 43.5 Å². The molecule has 21 heavy (non-hydrogen) atoms. The third-order valence-electron chi connectivity index (χ3n) is 5.82. The Morgan fingerprint density at radius 1 is 1.38 bits per heavy atom. The smallest absolute Gasteiger partial charge is 0.227 e. The lowest BCUT2D eigenvalue weighted by Crippen LogP contribution is -2.57. The van der Waals surface area contributed by atoms with Crippen LogP contribution < -0.4 is 11.1 Å². The molecule has 1 fully saturated rings. The quantitative estimate of drug-likeness (QED) is 0.758. The highest BCUT2D eigenvalue weighted by molar-refractivity contribution is 5.82. The zero-order valence-electron chi connectivity index (χ0n) is 14.7. The Kier molecular flexibility index (Phi) is 6.67. The van der Waals surface area contributed by atoms with E-state index in [2.05, 4.69) is 45.1 Å². The van der Waals surface area contributed by atoms with Crippen molar-refractivity contribution in [3.63, 3.8) is 0 Å². The molecule has 4 heteroatoms. The Bertz CT molecular complexity index is 331. The van der Waals surface area contributed by atoms with Crippen LogP contribution in [0.3, 0.4) is 0 Å². The number of nitrogens with zero attached hydrogens (tertiary/aromatic N) is 1. The summed E-state index contributed by atoms with van der Waals surface area (Å²) in [6.07, 6.45) is 6.49. The van der Waals surface area contributed by atoms with Crippen molar-refractivity contribution in [2.45, 2.75) is 64.8 Å². The molecule has 0 aromatic carbocycles. The molecule has 0 aromatic rings. The van der Waals surface area contributed by atoms with Gasteiger partial charge in [0.15, 0.2) is 0 Å². The second-order valence-corrected chi connectivity index (χ2v) is 7.19. The van der Waals surface area contributed by atoms with Gasteiger partial charge in [-0.15, -0.1) is 0 Å². The van der Waals surface area contributed by atoms with Crippen LogP contribution in [0.15, 0.2) is 0 Å². The summed E-state index contributed by atoms with van der Waals surface area (Å²) in [5.41, 5.74) is 5.59. The van der Waals surface area contributed by atoms with E-state index in [0.717, 1.165) is 31.7 Å². The molecule has 3 N–H and O–H groups in total. The van der Waals surface area contributed by atoms with E-state index in [1.54, 1.807) is 0 Å². The van der Waals surface area contributed by atoms with Crippen LogP contribution in [0.5, 0.6) is 0 Å². The van der Waals surface area contributed by atoms with E-state index in [-0.39, 0.29) is 11.4 Å². The average molecular weight is 297 g/mol. The highest BCUT2D eigenvalue weighted by Gasteiger charge is 2.39. The number of rotatable bonds is 7. The fourth-order valence-corrected chi connectivity index (χ4v) is 3.74. The summed E-state index contributed by atoms with van der Waals surface area (Å²) in [7, 11) is 4.28. The Labute approximate surface area is 130 Å². The van der Waals surface area contributed by atoms with Crippen LogP contribution >= 0.6 is 0 Å². The standard InChI is InChI=1S/C17H35N3O/c1-6-16(7-2,12-18)15(21)19-13-17(20(4)5)10-8-9-14(3)11-17/h14H,6-13,18H2,1-5H3,(H,19,21). The lowest BCUT2D eigenvalue weighted by molar-refractivity contribution is -0.131. The highest BCUT2D eigenvalue weighted by Crippen LogP contribution is 2.35. The Hall–Kier alpha value is -0.610. The Balaban J connectivity index is 2.76. The molecule has 0 bridgehead atoms. The number of amides is 1. The number of likely N-dealkylation sites (N-methyl/N-ethyl adjacent to an activating group) is 1. The summed E-state index contributed by atoms with van der Waals surface area (Å²) in [5, 5.41) is 3.23. The molecule has 1 amide bonds. The average Bonchev–Trinajstić information content (AvgIpc) is 2.47. The van der Waals surface area contributed by atoms with Crippen molar-refractivity contribution in [3.8, 4) is 0 Å². The molecule has 0 aromatic heterocycles. The monoisotopic (exact) mass is 297 g/mol. The van der Waals surface area contributed by atoms with Gasteiger partial charge in [-0.2, -0.15) is 0 Å². The van der Waals surface area contributed by atoms with Gasteiger partial charge in [-0.3, -0.25) is 4.79 Å². The molecule has 1 rings (SSSR count). The Morgan fingerprint density at radius 2 is 2.00 bits per heavy atom. The van der Waals surface area contributed by atoms with E-state index < -0.39 is 5.41 Å². The largest absolute Gasteiger partial charge is 0.354 e. The van der Waals surface area contributed by atoms with Crippen molar-refractivity contribution in [3.05, 3.63) is 0 Å². The molecular weight excluding hydrogens is 262 g/mol. The molecule has 1 saturated carbocycles. The maximum atomic E-state index is 12.6. The van der Waals surface area contributed by atoms with Crippen LogP contribution in [0.4, 0.5) is 0 Å². The topological polar surface area (TPSA) is 58.4 Å². The van der Waals surface area contributed by atoms with Gasteiger partial charge in [-0.1, -0.05) is 33.6 Å². The Morgan fingerprint density at radius 3 is 2.43 bits per heavy atom. The molecule has 2 unspecified atom stereocenters.